The lowest BCUT2D eigenvalue weighted by Gasteiger charge is -2.33. The van der Waals surface area contributed by atoms with E-state index in [1.807, 2.05) is 0 Å². The number of piperidine rings is 1. The van der Waals surface area contributed by atoms with E-state index in [0.29, 0.717) is 17.9 Å². The molecule has 1 amide bonds. The Balaban J connectivity index is 1.60. The van der Waals surface area contributed by atoms with Crippen LogP contribution in [0.25, 0.3) is 0 Å². The molecule has 0 atom stereocenters. The summed E-state index contributed by atoms with van der Waals surface area (Å²) < 4.78 is 0. The van der Waals surface area contributed by atoms with Gasteiger partial charge in [0.1, 0.15) is 0 Å². The van der Waals surface area contributed by atoms with Crippen LogP contribution in [-0.2, 0) is 4.79 Å². The van der Waals surface area contributed by atoms with E-state index in [4.69, 9.17) is 0 Å². The molecule has 4 heteroatoms. The van der Waals surface area contributed by atoms with Crippen LogP contribution in [0, 0.1) is 5.92 Å². The van der Waals surface area contributed by atoms with Gasteiger partial charge in [0, 0.05) is 25.6 Å². The van der Waals surface area contributed by atoms with Crippen LogP contribution in [-0.4, -0.2) is 48.1 Å². The third kappa shape index (κ3) is 2.09. The first-order valence-corrected chi connectivity index (χ1v) is 6.62. The van der Waals surface area contributed by atoms with Crippen molar-refractivity contribution in [1.29, 1.82) is 0 Å². The van der Waals surface area contributed by atoms with Crippen molar-refractivity contribution in [3.63, 3.8) is 0 Å². The number of nitrogens with one attached hydrogen (secondary N) is 1. The summed E-state index contributed by atoms with van der Waals surface area (Å²) in [6, 6.07) is 0.688. The summed E-state index contributed by atoms with van der Waals surface area (Å²) in [4.78, 5) is 11.9. The molecule has 0 unspecified atom stereocenters. The summed E-state index contributed by atoms with van der Waals surface area (Å²) in [5.41, 5.74) is 0. The van der Waals surface area contributed by atoms with E-state index in [1.165, 1.54) is 25.7 Å². The van der Waals surface area contributed by atoms with Crippen LogP contribution in [0.3, 0.4) is 0 Å². The first-order valence-electron chi connectivity index (χ1n) is 6.62. The number of hydrogen-bond donors (Lipinski definition) is 1. The number of rotatable bonds is 3. The third-order valence-electron chi connectivity index (χ3n) is 4.01. The zero-order chi connectivity index (χ0) is 11.0. The molecule has 3 fully saturated rings. The molecule has 16 heavy (non-hydrogen) atoms. The second-order valence-corrected chi connectivity index (χ2v) is 5.31. The molecule has 2 aliphatic heterocycles. The number of amides is 1. The number of carbonyl (C=O) groups is 1. The molecule has 2 heterocycles. The highest BCUT2D eigenvalue weighted by Crippen LogP contribution is 2.32. The highest BCUT2D eigenvalue weighted by Gasteiger charge is 2.40. The van der Waals surface area contributed by atoms with Crippen molar-refractivity contribution in [2.45, 2.75) is 38.1 Å². The van der Waals surface area contributed by atoms with E-state index in [2.05, 4.69) is 15.3 Å². The summed E-state index contributed by atoms with van der Waals surface area (Å²) in [5, 5.41) is 7.78. The zero-order valence-electron chi connectivity index (χ0n) is 9.82. The summed E-state index contributed by atoms with van der Waals surface area (Å²) >= 11 is 0. The molecule has 0 aromatic rings. The molecule has 1 N–H and O–H groups in total. The van der Waals surface area contributed by atoms with Gasteiger partial charge in [-0.1, -0.05) is 0 Å². The third-order valence-corrected chi connectivity index (χ3v) is 4.01. The fraction of sp³-hybridized carbons (Fsp3) is 0.917. The van der Waals surface area contributed by atoms with Gasteiger partial charge in [0.05, 0.1) is 0 Å². The van der Waals surface area contributed by atoms with E-state index >= 15 is 0 Å². The highest BCUT2D eigenvalue weighted by molar-refractivity contribution is 5.77. The average molecular weight is 223 g/mol. The van der Waals surface area contributed by atoms with Crippen molar-refractivity contribution in [1.82, 2.24) is 15.3 Å². The molecular formula is C12H21N3O. The van der Waals surface area contributed by atoms with Crippen molar-refractivity contribution in [3.8, 4) is 0 Å². The lowest BCUT2D eigenvalue weighted by Crippen LogP contribution is -2.45. The molecule has 0 aromatic carbocycles. The minimum Gasteiger partial charge on any atom is -0.317 e. The fourth-order valence-electron chi connectivity index (χ4n) is 2.87. The Morgan fingerprint density at radius 3 is 2.62 bits per heavy atom. The second kappa shape index (κ2) is 4.34. The summed E-state index contributed by atoms with van der Waals surface area (Å²) in [6.07, 6.45) is 5.76. The first-order chi connectivity index (χ1) is 7.84. The first kappa shape index (κ1) is 10.5. The predicted molar refractivity (Wildman–Crippen MR) is 61.7 cm³/mol. The lowest BCUT2D eigenvalue weighted by molar-refractivity contribution is -0.140. The smallest absolute Gasteiger partial charge is 0.238 e. The van der Waals surface area contributed by atoms with Crippen molar-refractivity contribution >= 4 is 5.91 Å². The van der Waals surface area contributed by atoms with Crippen LogP contribution in [0.5, 0.6) is 0 Å². The standard InChI is InChI=1S/C12H21N3O/c16-12-5-8-14(11-1-2-11)15(12)9-10-3-6-13-7-4-10/h10-11,13H,1-9H2. The van der Waals surface area contributed by atoms with E-state index in [0.717, 1.165) is 32.6 Å². The maximum Gasteiger partial charge on any atom is 0.238 e. The summed E-state index contributed by atoms with van der Waals surface area (Å²) in [7, 11) is 0. The summed E-state index contributed by atoms with van der Waals surface area (Å²) in [5.74, 6) is 1.06. The van der Waals surface area contributed by atoms with Crippen LogP contribution in [0.2, 0.25) is 0 Å². The topological polar surface area (TPSA) is 35.6 Å². The van der Waals surface area contributed by atoms with Gasteiger partial charge in [0.2, 0.25) is 5.91 Å². The van der Waals surface area contributed by atoms with Crippen molar-refractivity contribution < 1.29 is 4.79 Å². The van der Waals surface area contributed by atoms with E-state index in [9.17, 15) is 4.79 Å². The van der Waals surface area contributed by atoms with Gasteiger partial charge in [-0.3, -0.25) is 9.80 Å². The Kier molecular flexibility index (Phi) is 2.86. The number of carbonyl (C=O) groups excluding carboxylic acids is 1. The van der Waals surface area contributed by atoms with Gasteiger partial charge in [-0.05, 0) is 44.7 Å². The number of nitrogens with zero attached hydrogens (tertiary/aromatic N) is 2. The maximum atomic E-state index is 11.9. The van der Waals surface area contributed by atoms with E-state index in [1.54, 1.807) is 0 Å². The molecule has 4 nitrogen and oxygen atoms in total. The van der Waals surface area contributed by atoms with Gasteiger partial charge in [-0.25, -0.2) is 5.01 Å². The molecule has 0 bridgehead atoms. The van der Waals surface area contributed by atoms with Gasteiger partial charge in [0.25, 0.3) is 0 Å². The minimum absolute atomic E-state index is 0.352. The minimum atomic E-state index is 0.352. The fourth-order valence-corrected chi connectivity index (χ4v) is 2.87. The van der Waals surface area contributed by atoms with Crippen molar-refractivity contribution in [3.05, 3.63) is 0 Å². The molecule has 1 aliphatic carbocycles. The van der Waals surface area contributed by atoms with Crippen molar-refractivity contribution in [2.75, 3.05) is 26.2 Å². The molecule has 3 aliphatic rings. The Hall–Kier alpha value is -0.610. The van der Waals surface area contributed by atoms with Gasteiger partial charge >= 0.3 is 0 Å². The van der Waals surface area contributed by atoms with Gasteiger partial charge in [0.15, 0.2) is 0 Å². The largest absolute Gasteiger partial charge is 0.317 e. The number of hydrazine groups is 1. The number of hydrogen-bond acceptors (Lipinski definition) is 3. The molecule has 1 saturated carbocycles. The van der Waals surface area contributed by atoms with Crippen LogP contribution >= 0.6 is 0 Å². The zero-order valence-corrected chi connectivity index (χ0v) is 9.82. The van der Waals surface area contributed by atoms with E-state index < -0.39 is 0 Å². The highest BCUT2D eigenvalue weighted by atomic mass is 16.2. The lowest BCUT2D eigenvalue weighted by atomic mass is 9.98. The van der Waals surface area contributed by atoms with Crippen LogP contribution in [0.15, 0.2) is 0 Å². The Bertz CT molecular complexity index is 271. The van der Waals surface area contributed by atoms with Crippen LogP contribution < -0.4 is 5.32 Å². The molecular weight excluding hydrogens is 202 g/mol. The molecule has 0 radical (unpaired) electrons. The molecule has 0 aromatic heterocycles. The summed E-state index contributed by atoms with van der Waals surface area (Å²) in [6.45, 7) is 4.18. The van der Waals surface area contributed by atoms with Gasteiger partial charge in [-0.2, -0.15) is 0 Å². The normalized spacial score (nSPS) is 29.0. The predicted octanol–water partition coefficient (Wildman–Crippen LogP) is 0.598. The Labute approximate surface area is 96.9 Å². The van der Waals surface area contributed by atoms with Gasteiger partial charge < -0.3 is 5.32 Å². The van der Waals surface area contributed by atoms with E-state index in [-0.39, 0.29) is 0 Å². The molecule has 90 valence electrons. The molecule has 0 spiro atoms. The SMILES string of the molecule is O=C1CCN(C2CC2)N1CC1CCNCC1. The van der Waals surface area contributed by atoms with Crippen LogP contribution in [0.4, 0.5) is 0 Å². The van der Waals surface area contributed by atoms with Crippen LogP contribution in [0.1, 0.15) is 32.1 Å². The van der Waals surface area contributed by atoms with Gasteiger partial charge in [-0.15, -0.1) is 0 Å². The second-order valence-electron chi connectivity index (χ2n) is 5.31. The maximum absolute atomic E-state index is 11.9. The molecule has 2 saturated heterocycles. The quantitative estimate of drug-likeness (QED) is 0.761. The molecule has 3 rings (SSSR count). The van der Waals surface area contributed by atoms with Crippen molar-refractivity contribution in [2.24, 2.45) is 5.92 Å². The average Bonchev–Trinajstić information content (AvgIpc) is 3.08. The Morgan fingerprint density at radius 2 is 1.94 bits per heavy atom. The monoisotopic (exact) mass is 223 g/mol. The Morgan fingerprint density at radius 1 is 1.19 bits per heavy atom.